The molecule has 3 aromatic rings. The van der Waals surface area contributed by atoms with Gasteiger partial charge >= 0.3 is 5.97 Å². The molecule has 0 aliphatic carbocycles. The number of aliphatic hydroxyl groups is 1. The van der Waals surface area contributed by atoms with Crippen molar-refractivity contribution < 1.29 is 29.0 Å². The van der Waals surface area contributed by atoms with Crippen LogP contribution in [0.4, 0.5) is 11.4 Å². The van der Waals surface area contributed by atoms with Crippen molar-refractivity contribution in [2.24, 2.45) is 0 Å². The van der Waals surface area contributed by atoms with Crippen LogP contribution in [0.25, 0.3) is 5.76 Å². The number of hydrogen-bond donors (Lipinski definition) is 2. The van der Waals surface area contributed by atoms with Gasteiger partial charge in [0, 0.05) is 33.4 Å². The van der Waals surface area contributed by atoms with Crippen LogP contribution in [0.15, 0.2) is 84.5 Å². The number of anilines is 2. The van der Waals surface area contributed by atoms with Crippen LogP contribution in [0.1, 0.15) is 24.1 Å². The summed E-state index contributed by atoms with van der Waals surface area (Å²) in [5, 5.41) is 14.8. The molecule has 1 unspecified atom stereocenters. The van der Waals surface area contributed by atoms with Crippen molar-refractivity contribution in [3.05, 3.63) is 111 Å². The van der Waals surface area contributed by atoms with Crippen LogP contribution in [-0.2, 0) is 23.9 Å². The number of ether oxygens (including phenoxy) is 1. The Bertz CT molecular complexity index is 1570. The number of carbonyl (C=O) groups is 4. The Balaban J connectivity index is 1.79. The number of esters is 1. The largest absolute Gasteiger partial charge is 0.507 e. The van der Waals surface area contributed by atoms with Gasteiger partial charge in [0.05, 0.1) is 28.9 Å². The molecule has 4 rings (SSSR count). The number of halogens is 3. The highest BCUT2D eigenvalue weighted by atomic mass is 35.5. The maximum Gasteiger partial charge on any atom is 0.330 e. The Morgan fingerprint density at radius 1 is 0.975 bits per heavy atom. The highest BCUT2D eigenvalue weighted by molar-refractivity contribution is 6.52. The lowest BCUT2D eigenvalue weighted by Crippen LogP contribution is -2.29. The molecule has 3 aromatic carbocycles. The summed E-state index contributed by atoms with van der Waals surface area (Å²) in [7, 11) is 0. The van der Waals surface area contributed by atoms with Gasteiger partial charge in [-0.05, 0) is 61.0 Å². The van der Waals surface area contributed by atoms with Crippen molar-refractivity contribution in [3.63, 3.8) is 0 Å². The van der Waals surface area contributed by atoms with Gasteiger partial charge in [0.25, 0.3) is 11.7 Å². The van der Waals surface area contributed by atoms with E-state index in [1.165, 1.54) is 29.2 Å². The van der Waals surface area contributed by atoms with Crippen LogP contribution in [0.2, 0.25) is 15.1 Å². The van der Waals surface area contributed by atoms with Crippen molar-refractivity contribution >= 4 is 75.5 Å². The number of hydrogen-bond acceptors (Lipinski definition) is 6. The van der Waals surface area contributed by atoms with Gasteiger partial charge in [0.1, 0.15) is 5.76 Å². The number of amides is 2. The number of rotatable bonds is 7. The first-order chi connectivity index (χ1) is 19.1. The minimum Gasteiger partial charge on any atom is -0.507 e. The third-order valence-electron chi connectivity index (χ3n) is 5.87. The molecule has 1 atom stereocenters. The monoisotopic (exact) mass is 598 g/mol. The fraction of sp³-hybridized carbons (Fsp3) is 0.103. The van der Waals surface area contributed by atoms with E-state index in [9.17, 15) is 24.3 Å². The van der Waals surface area contributed by atoms with Gasteiger partial charge in [-0.2, -0.15) is 0 Å². The van der Waals surface area contributed by atoms with Gasteiger partial charge in [0.15, 0.2) is 0 Å². The topological polar surface area (TPSA) is 113 Å². The van der Waals surface area contributed by atoms with E-state index in [-0.39, 0.29) is 28.5 Å². The highest BCUT2D eigenvalue weighted by Crippen LogP contribution is 2.43. The van der Waals surface area contributed by atoms with Crippen molar-refractivity contribution in [2.45, 2.75) is 13.0 Å². The molecule has 0 spiro atoms. The number of nitrogens with zero attached hydrogens (tertiary/aromatic N) is 1. The molecule has 1 fully saturated rings. The highest BCUT2D eigenvalue weighted by Gasteiger charge is 2.47. The SMILES string of the molecule is CCOC(=O)/C=C/C(=O)Nc1cc(C(O)=C2C(=O)C(=O)N(c3cccc(Cl)c3)C2c2ccc(Cl)cc2)ccc1Cl. The van der Waals surface area contributed by atoms with Crippen LogP contribution < -0.4 is 10.2 Å². The molecule has 1 aliphatic rings. The molecule has 0 bridgehead atoms. The summed E-state index contributed by atoms with van der Waals surface area (Å²) in [6, 6.07) is 16.1. The maximum absolute atomic E-state index is 13.4. The smallest absolute Gasteiger partial charge is 0.330 e. The zero-order valence-corrected chi connectivity index (χ0v) is 23.1. The fourth-order valence-electron chi connectivity index (χ4n) is 4.12. The van der Waals surface area contributed by atoms with E-state index in [0.29, 0.717) is 21.3 Å². The normalized spacial score (nSPS) is 16.4. The molecule has 0 radical (unpaired) electrons. The van der Waals surface area contributed by atoms with Crippen LogP contribution in [0, 0.1) is 0 Å². The number of nitrogens with one attached hydrogen (secondary N) is 1. The average molecular weight is 600 g/mol. The molecule has 11 heteroatoms. The Hall–Kier alpha value is -4.11. The van der Waals surface area contributed by atoms with Crippen molar-refractivity contribution in [1.29, 1.82) is 0 Å². The predicted octanol–water partition coefficient (Wildman–Crippen LogP) is 6.33. The zero-order valence-electron chi connectivity index (χ0n) is 20.9. The minimum absolute atomic E-state index is 0.0938. The fourth-order valence-corrected chi connectivity index (χ4v) is 4.59. The van der Waals surface area contributed by atoms with Crippen molar-refractivity contribution in [2.75, 3.05) is 16.8 Å². The number of ketones is 1. The van der Waals surface area contributed by atoms with E-state index < -0.39 is 35.4 Å². The predicted molar refractivity (Wildman–Crippen MR) is 154 cm³/mol. The number of aliphatic hydroxyl groups excluding tert-OH is 1. The molecule has 2 amide bonds. The van der Waals surface area contributed by atoms with Gasteiger partial charge in [0.2, 0.25) is 5.91 Å². The standard InChI is InChI=1S/C29H21Cl3N2O6/c1-2-40-24(36)13-12-23(35)33-22-14-17(8-11-21(22)32)27(37)25-26(16-6-9-18(30)10-7-16)34(29(39)28(25)38)20-5-3-4-19(31)15-20/h3-15,26,37H,2H2,1H3,(H,33,35)/b13-12+,27-25?. The lowest BCUT2D eigenvalue weighted by atomic mass is 9.95. The second-order valence-electron chi connectivity index (χ2n) is 8.47. The van der Waals surface area contributed by atoms with Gasteiger partial charge < -0.3 is 15.2 Å². The number of Topliss-reactive ketones (excluding diaryl/α,β-unsaturated/α-hetero) is 1. The number of carbonyl (C=O) groups excluding carboxylic acids is 4. The molecule has 1 aliphatic heterocycles. The van der Waals surface area contributed by atoms with Gasteiger partial charge in [-0.25, -0.2) is 4.79 Å². The first kappa shape index (κ1) is 28.9. The van der Waals surface area contributed by atoms with Gasteiger partial charge in [-0.3, -0.25) is 19.3 Å². The van der Waals surface area contributed by atoms with E-state index in [1.807, 2.05) is 0 Å². The average Bonchev–Trinajstić information content (AvgIpc) is 3.19. The zero-order chi connectivity index (χ0) is 29.0. The maximum atomic E-state index is 13.4. The van der Waals surface area contributed by atoms with Crippen LogP contribution in [0.3, 0.4) is 0 Å². The molecular weight excluding hydrogens is 579 g/mol. The summed E-state index contributed by atoms with van der Waals surface area (Å²) in [4.78, 5) is 51.7. The van der Waals surface area contributed by atoms with Crippen LogP contribution in [-0.4, -0.2) is 35.3 Å². The van der Waals surface area contributed by atoms with E-state index in [0.717, 1.165) is 12.2 Å². The first-order valence-electron chi connectivity index (χ1n) is 11.9. The molecule has 204 valence electrons. The summed E-state index contributed by atoms with van der Waals surface area (Å²) in [6.07, 6.45) is 1.93. The molecule has 40 heavy (non-hydrogen) atoms. The summed E-state index contributed by atoms with van der Waals surface area (Å²) in [6.45, 7) is 1.78. The Labute approximate surface area is 244 Å². The Morgan fingerprint density at radius 2 is 1.70 bits per heavy atom. The molecular formula is C29H21Cl3N2O6. The number of benzene rings is 3. The van der Waals surface area contributed by atoms with E-state index >= 15 is 0 Å². The van der Waals surface area contributed by atoms with E-state index in [4.69, 9.17) is 39.5 Å². The second kappa shape index (κ2) is 12.4. The van der Waals surface area contributed by atoms with E-state index in [1.54, 1.807) is 49.4 Å². The van der Waals surface area contributed by atoms with Gasteiger partial charge in [-0.1, -0.05) is 53.0 Å². The summed E-state index contributed by atoms with van der Waals surface area (Å²) >= 11 is 18.5. The summed E-state index contributed by atoms with van der Waals surface area (Å²) in [5.74, 6) is -3.65. The van der Waals surface area contributed by atoms with Crippen LogP contribution >= 0.6 is 34.8 Å². The van der Waals surface area contributed by atoms with E-state index in [2.05, 4.69) is 5.32 Å². The van der Waals surface area contributed by atoms with Crippen LogP contribution in [0.5, 0.6) is 0 Å². The molecule has 0 saturated carbocycles. The third kappa shape index (κ3) is 6.20. The quantitative estimate of drug-likeness (QED) is 0.142. The summed E-state index contributed by atoms with van der Waals surface area (Å²) < 4.78 is 4.74. The molecule has 1 saturated heterocycles. The summed E-state index contributed by atoms with van der Waals surface area (Å²) in [5.41, 5.74) is 0.880. The molecule has 8 nitrogen and oxygen atoms in total. The Kier molecular flexibility index (Phi) is 8.94. The molecule has 1 heterocycles. The second-order valence-corrected chi connectivity index (χ2v) is 9.75. The lowest BCUT2D eigenvalue weighted by molar-refractivity contribution is -0.137. The van der Waals surface area contributed by atoms with Gasteiger partial charge in [-0.15, -0.1) is 0 Å². The third-order valence-corrected chi connectivity index (χ3v) is 6.69. The van der Waals surface area contributed by atoms with Crippen molar-refractivity contribution in [3.8, 4) is 0 Å². The first-order valence-corrected chi connectivity index (χ1v) is 13.0. The molecule has 0 aromatic heterocycles. The lowest BCUT2D eigenvalue weighted by Gasteiger charge is -2.25. The molecule has 2 N–H and O–H groups in total. The Morgan fingerprint density at radius 3 is 2.38 bits per heavy atom. The minimum atomic E-state index is -1.02. The van der Waals surface area contributed by atoms with Crippen molar-refractivity contribution in [1.82, 2.24) is 0 Å².